The predicted octanol–water partition coefficient (Wildman–Crippen LogP) is 3.47. The van der Waals surface area contributed by atoms with E-state index in [1.807, 2.05) is 0 Å². The molecule has 2 aromatic rings. The first-order valence-electron chi connectivity index (χ1n) is 4.92. The Morgan fingerprint density at radius 2 is 1.94 bits per heavy atom. The summed E-state index contributed by atoms with van der Waals surface area (Å²) in [6, 6.07) is 5.73. The van der Waals surface area contributed by atoms with E-state index in [0.717, 1.165) is 6.07 Å². The van der Waals surface area contributed by atoms with Crippen LogP contribution in [0.15, 0.2) is 24.3 Å². The van der Waals surface area contributed by atoms with Crippen LogP contribution in [0.4, 0.5) is 18.9 Å². The Balaban J connectivity index is 2.75. The highest BCUT2D eigenvalue weighted by atomic mass is 19.3. The lowest BCUT2D eigenvalue weighted by Gasteiger charge is -2.12. The number of ether oxygens (including phenoxy) is 1. The predicted molar refractivity (Wildman–Crippen MR) is 59.7 cm³/mol. The molecule has 0 atom stereocenters. The van der Waals surface area contributed by atoms with E-state index in [2.05, 4.69) is 4.74 Å². The van der Waals surface area contributed by atoms with Crippen molar-refractivity contribution in [2.24, 2.45) is 0 Å². The first-order chi connectivity index (χ1) is 7.99. The zero-order valence-electron chi connectivity index (χ0n) is 9.01. The summed E-state index contributed by atoms with van der Waals surface area (Å²) in [6.07, 6.45) is 0. The Labute approximate surface area is 95.8 Å². The highest BCUT2D eigenvalue weighted by molar-refractivity contribution is 5.93. The Bertz CT molecular complexity index is 569. The molecule has 0 unspecified atom stereocenters. The highest BCUT2D eigenvalue weighted by Crippen LogP contribution is 2.34. The number of anilines is 1. The quantitative estimate of drug-likeness (QED) is 0.817. The van der Waals surface area contributed by atoms with Crippen molar-refractivity contribution in [2.75, 3.05) is 5.73 Å². The second-order valence-corrected chi connectivity index (χ2v) is 3.69. The average molecular weight is 241 g/mol. The van der Waals surface area contributed by atoms with E-state index >= 15 is 0 Å². The van der Waals surface area contributed by atoms with Gasteiger partial charge in [0, 0.05) is 11.1 Å². The number of nitrogen functional groups attached to an aromatic ring is 1. The van der Waals surface area contributed by atoms with Gasteiger partial charge in [0.15, 0.2) is 11.6 Å². The standard InChI is InChI=1S/C12H10F3NO/c1-6-4-8(16)5-7-2-3-9(13)11(10(6)7)17-12(14)15/h2-5,12H,16H2,1H3. The van der Waals surface area contributed by atoms with Crippen LogP contribution in [0.2, 0.25) is 0 Å². The summed E-state index contributed by atoms with van der Waals surface area (Å²) in [7, 11) is 0. The normalized spacial score (nSPS) is 11.1. The highest BCUT2D eigenvalue weighted by Gasteiger charge is 2.15. The molecular weight excluding hydrogens is 231 g/mol. The van der Waals surface area contributed by atoms with Crippen LogP contribution in [0.5, 0.6) is 5.75 Å². The van der Waals surface area contributed by atoms with E-state index in [4.69, 9.17) is 5.73 Å². The smallest absolute Gasteiger partial charge is 0.387 e. The van der Waals surface area contributed by atoms with Gasteiger partial charge < -0.3 is 10.5 Å². The topological polar surface area (TPSA) is 35.2 Å². The molecule has 2 N–H and O–H groups in total. The molecule has 17 heavy (non-hydrogen) atoms. The molecule has 0 aliphatic heterocycles. The summed E-state index contributed by atoms with van der Waals surface area (Å²) in [5.41, 5.74) is 6.71. The first-order valence-corrected chi connectivity index (χ1v) is 4.92. The fraction of sp³-hybridized carbons (Fsp3) is 0.167. The molecule has 0 amide bonds. The molecule has 2 rings (SSSR count). The molecular formula is C12H10F3NO. The number of hydrogen-bond donors (Lipinski definition) is 1. The largest absolute Gasteiger partial charge is 0.431 e. The second-order valence-electron chi connectivity index (χ2n) is 3.69. The molecule has 0 aromatic heterocycles. The van der Waals surface area contributed by atoms with Crippen molar-refractivity contribution < 1.29 is 17.9 Å². The van der Waals surface area contributed by atoms with Gasteiger partial charge in [0.05, 0.1) is 0 Å². The van der Waals surface area contributed by atoms with Crippen LogP contribution in [0.25, 0.3) is 10.8 Å². The lowest BCUT2D eigenvalue weighted by atomic mass is 10.0. The number of alkyl halides is 2. The molecule has 0 aliphatic rings. The third-order valence-electron chi connectivity index (χ3n) is 2.45. The molecule has 0 heterocycles. The molecule has 0 saturated heterocycles. The minimum atomic E-state index is -3.06. The molecule has 90 valence electrons. The summed E-state index contributed by atoms with van der Waals surface area (Å²) in [5, 5.41) is 0.888. The minimum absolute atomic E-state index is 0.319. The number of aryl methyl sites for hydroxylation is 1. The van der Waals surface area contributed by atoms with Crippen molar-refractivity contribution in [3.8, 4) is 5.75 Å². The van der Waals surface area contributed by atoms with Crippen LogP contribution >= 0.6 is 0 Å². The van der Waals surface area contributed by atoms with Crippen molar-refractivity contribution in [3.05, 3.63) is 35.6 Å². The van der Waals surface area contributed by atoms with Gasteiger partial charge in [-0.25, -0.2) is 4.39 Å². The van der Waals surface area contributed by atoms with E-state index < -0.39 is 18.2 Å². The Kier molecular flexibility index (Phi) is 2.83. The van der Waals surface area contributed by atoms with Gasteiger partial charge in [-0.15, -0.1) is 0 Å². The van der Waals surface area contributed by atoms with Gasteiger partial charge in [-0.2, -0.15) is 8.78 Å². The van der Waals surface area contributed by atoms with Crippen molar-refractivity contribution in [1.82, 2.24) is 0 Å². The van der Waals surface area contributed by atoms with Crippen LogP contribution in [0.1, 0.15) is 5.56 Å². The molecule has 0 radical (unpaired) electrons. The van der Waals surface area contributed by atoms with Crippen molar-refractivity contribution >= 4 is 16.5 Å². The Hall–Kier alpha value is -1.91. The number of hydrogen-bond acceptors (Lipinski definition) is 2. The third-order valence-corrected chi connectivity index (χ3v) is 2.45. The summed E-state index contributed by atoms with van der Waals surface area (Å²) < 4.78 is 42.2. The van der Waals surface area contributed by atoms with E-state index in [9.17, 15) is 13.2 Å². The number of nitrogens with two attached hydrogens (primary N) is 1. The molecule has 0 saturated carbocycles. The first kappa shape index (κ1) is 11.6. The monoisotopic (exact) mass is 241 g/mol. The average Bonchev–Trinajstić information content (AvgIpc) is 2.21. The van der Waals surface area contributed by atoms with Gasteiger partial charge in [0.1, 0.15) is 0 Å². The summed E-state index contributed by atoms with van der Waals surface area (Å²) >= 11 is 0. The van der Waals surface area contributed by atoms with Crippen LogP contribution in [0, 0.1) is 12.7 Å². The number of benzene rings is 2. The Morgan fingerprint density at radius 3 is 2.59 bits per heavy atom. The maximum absolute atomic E-state index is 13.5. The van der Waals surface area contributed by atoms with E-state index in [0.29, 0.717) is 22.0 Å². The van der Waals surface area contributed by atoms with Gasteiger partial charge in [-0.05, 0) is 36.1 Å². The van der Waals surface area contributed by atoms with Gasteiger partial charge in [-0.3, -0.25) is 0 Å². The zero-order chi connectivity index (χ0) is 12.6. The SMILES string of the molecule is Cc1cc(N)cc2ccc(F)c(OC(F)F)c12. The molecule has 0 fully saturated rings. The Morgan fingerprint density at radius 1 is 1.24 bits per heavy atom. The van der Waals surface area contributed by atoms with Crippen LogP contribution in [-0.4, -0.2) is 6.61 Å². The van der Waals surface area contributed by atoms with E-state index in [1.165, 1.54) is 6.07 Å². The number of fused-ring (bicyclic) bond motifs is 1. The van der Waals surface area contributed by atoms with Crippen molar-refractivity contribution in [2.45, 2.75) is 13.5 Å². The summed E-state index contributed by atoms with van der Waals surface area (Å²) in [4.78, 5) is 0. The van der Waals surface area contributed by atoms with Gasteiger partial charge in [0.25, 0.3) is 0 Å². The molecule has 0 spiro atoms. The van der Waals surface area contributed by atoms with Gasteiger partial charge in [0.2, 0.25) is 0 Å². The number of rotatable bonds is 2. The number of halogens is 3. The molecule has 0 aliphatic carbocycles. The molecule has 5 heteroatoms. The zero-order valence-corrected chi connectivity index (χ0v) is 9.01. The van der Waals surface area contributed by atoms with Crippen LogP contribution < -0.4 is 10.5 Å². The fourth-order valence-electron chi connectivity index (χ4n) is 1.85. The van der Waals surface area contributed by atoms with Gasteiger partial charge >= 0.3 is 6.61 Å². The van der Waals surface area contributed by atoms with Crippen molar-refractivity contribution in [1.29, 1.82) is 0 Å². The summed E-state index contributed by atoms with van der Waals surface area (Å²) in [6.45, 7) is -1.40. The maximum Gasteiger partial charge on any atom is 0.387 e. The lowest BCUT2D eigenvalue weighted by molar-refractivity contribution is -0.0510. The molecule has 0 bridgehead atoms. The van der Waals surface area contributed by atoms with E-state index in [-0.39, 0.29) is 0 Å². The van der Waals surface area contributed by atoms with Crippen molar-refractivity contribution in [3.63, 3.8) is 0 Å². The van der Waals surface area contributed by atoms with Gasteiger partial charge in [-0.1, -0.05) is 6.07 Å². The minimum Gasteiger partial charge on any atom is -0.431 e. The third kappa shape index (κ3) is 2.13. The summed E-state index contributed by atoms with van der Waals surface area (Å²) in [5.74, 6) is -1.25. The fourth-order valence-corrected chi connectivity index (χ4v) is 1.85. The molecule has 2 aromatic carbocycles. The van der Waals surface area contributed by atoms with Crippen LogP contribution in [-0.2, 0) is 0 Å². The lowest BCUT2D eigenvalue weighted by Crippen LogP contribution is -2.05. The molecule has 2 nitrogen and oxygen atoms in total. The van der Waals surface area contributed by atoms with E-state index in [1.54, 1.807) is 19.1 Å². The second kappa shape index (κ2) is 4.16. The van der Waals surface area contributed by atoms with Crippen LogP contribution in [0.3, 0.4) is 0 Å². The maximum atomic E-state index is 13.5.